The zero-order valence-corrected chi connectivity index (χ0v) is 13.4. The van der Waals surface area contributed by atoms with Gasteiger partial charge in [0.1, 0.15) is 0 Å². The number of carbonyl (C=O) groups excluding carboxylic acids is 1. The average molecular weight is 317 g/mol. The zero-order chi connectivity index (χ0) is 14.8. The summed E-state index contributed by atoms with van der Waals surface area (Å²) < 4.78 is 10.4. The standard InChI is InChI=1S/C15H24N2O3.ClH/c1-3-20-11-13-6-4-12(5-7-13)10-17-15(18)8-14(9-16)19-2;/h4-7,14H,3,8-11,16H2,1-2H3,(H,17,18);1H. The molecule has 0 heterocycles. The lowest BCUT2D eigenvalue weighted by Gasteiger charge is -2.12. The molecule has 0 spiro atoms. The first-order valence-corrected chi connectivity index (χ1v) is 6.84. The van der Waals surface area contributed by atoms with Crippen molar-refractivity contribution in [3.05, 3.63) is 35.4 Å². The first kappa shape index (κ1) is 19.9. The summed E-state index contributed by atoms with van der Waals surface area (Å²) in [6.45, 7) is 4.15. The van der Waals surface area contributed by atoms with Crippen LogP contribution in [-0.2, 0) is 27.4 Å². The van der Waals surface area contributed by atoms with Crippen molar-refractivity contribution in [1.29, 1.82) is 0 Å². The van der Waals surface area contributed by atoms with Crippen LogP contribution in [0, 0.1) is 0 Å². The van der Waals surface area contributed by atoms with Crippen LogP contribution in [0.1, 0.15) is 24.5 Å². The Morgan fingerprint density at radius 1 is 1.29 bits per heavy atom. The number of carbonyl (C=O) groups is 1. The SMILES string of the molecule is CCOCc1ccc(CNC(=O)CC(CN)OC)cc1.Cl. The van der Waals surface area contributed by atoms with Crippen molar-refractivity contribution in [2.75, 3.05) is 20.3 Å². The molecule has 1 aromatic rings. The van der Waals surface area contributed by atoms with Crippen molar-refractivity contribution in [3.8, 4) is 0 Å². The number of benzene rings is 1. The molecule has 0 aliphatic carbocycles. The van der Waals surface area contributed by atoms with E-state index in [4.69, 9.17) is 15.2 Å². The fourth-order valence-corrected chi connectivity index (χ4v) is 1.72. The molecule has 6 heteroatoms. The van der Waals surface area contributed by atoms with Crippen molar-refractivity contribution in [2.24, 2.45) is 5.73 Å². The Hall–Kier alpha value is -1.14. The van der Waals surface area contributed by atoms with E-state index in [2.05, 4.69) is 5.32 Å². The van der Waals surface area contributed by atoms with E-state index < -0.39 is 0 Å². The second kappa shape index (κ2) is 11.5. The Bertz CT molecular complexity index is 394. The van der Waals surface area contributed by atoms with Gasteiger partial charge in [0.2, 0.25) is 5.91 Å². The highest BCUT2D eigenvalue weighted by Crippen LogP contribution is 2.06. The van der Waals surface area contributed by atoms with E-state index in [1.54, 1.807) is 7.11 Å². The van der Waals surface area contributed by atoms with E-state index in [0.29, 0.717) is 26.3 Å². The van der Waals surface area contributed by atoms with Gasteiger partial charge in [-0.2, -0.15) is 0 Å². The van der Waals surface area contributed by atoms with Gasteiger partial charge in [0.15, 0.2) is 0 Å². The van der Waals surface area contributed by atoms with Gasteiger partial charge in [-0.1, -0.05) is 24.3 Å². The third-order valence-electron chi connectivity index (χ3n) is 2.99. The number of nitrogens with two attached hydrogens (primary N) is 1. The molecule has 0 radical (unpaired) electrons. The molecule has 1 aromatic carbocycles. The highest BCUT2D eigenvalue weighted by Gasteiger charge is 2.10. The van der Waals surface area contributed by atoms with Gasteiger partial charge in [-0.05, 0) is 18.1 Å². The number of hydrogen-bond donors (Lipinski definition) is 2. The number of methoxy groups -OCH3 is 1. The average Bonchev–Trinajstić information content (AvgIpc) is 2.49. The minimum absolute atomic E-state index is 0. The number of hydrogen-bond acceptors (Lipinski definition) is 4. The maximum Gasteiger partial charge on any atom is 0.222 e. The van der Waals surface area contributed by atoms with Gasteiger partial charge in [0.25, 0.3) is 0 Å². The summed E-state index contributed by atoms with van der Waals surface area (Å²) >= 11 is 0. The summed E-state index contributed by atoms with van der Waals surface area (Å²) in [5.74, 6) is -0.0549. The van der Waals surface area contributed by atoms with Crippen molar-refractivity contribution < 1.29 is 14.3 Å². The molecule has 1 rings (SSSR count). The van der Waals surface area contributed by atoms with Crippen LogP contribution in [0.25, 0.3) is 0 Å². The lowest BCUT2D eigenvalue weighted by molar-refractivity contribution is -0.123. The fourth-order valence-electron chi connectivity index (χ4n) is 1.72. The van der Waals surface area contributed by atoms with Gasteiger partial charge in [-0.25, -0.2) is 0 Å². The molecule has 0 aliphatic rings. The smallest absolute Gasteiger partial charge is 0.222 e. The first-order valence-electron chi connectivity index (χ1n) is 6.84. The van der Waals surface area contributed by atoms with Crippen molar-refractivity contribution in [3.63, 3.8) is 0 Å². The minimum Gasteiger partial charge on any atom is -0.380 e. The number of rotatable bonds is 9. The van der Waals surface area contributed by atoms with E-state index in [1.807, 2.05) is 31.2 Å². The molecule has 0 aromatic heterocycles. The van der Waals surface area contributed by atoms with Crippen molar-refractivity contribution in [1.82, 2.24) is 5.32 Å². The number of amides is 1. The van der Waals surface area contributed by atoms with Crippen molar-refractivity contribution in [2.45, 2.75) is 32.6 Å². The van der Waals surface area contributed by atoms with Gasteiger partial charge in [0.05, 0.1) is 19.1 Å². The predicted molar refractivity (Wildman–Crippen MR) is 85.3 cm³/mol. The largest absolute Gasteiger partial charge is 0.380 e. The molecular weight excluding hydrogens is 292 g/mol. The van der Waals surface area contributed by atoms with E-state index in [9.17, 15) is 4.79 Å². The Balaban J connectivity index is 0.00000400. The quantitative estimate of drug-likeness (QED) is 0.726. The summed E-state index contributed by atoms with van der Waals surface area (Å²) in [4.78, 5) is 11.7. The Kier molecular flexibility index (Phi) is 10.9. The number of halogens is 1. The summed E-state index contributed by atoms with van der Waals surface area (Å²) in [5, 5.41) is 2.85. The van der Waals surface area contributed by atoms with Crippen LogP contribution in [0.5, 0.6) is 0 Å². The van der Waals surface area contributed by atoms with Crippen LogP contribution >= 0.6 is 12.4 Å². The van der Waals surface area contributed by atoms with E-state index in [1.165, 1.54) is 0 Å². The molecule has 1 unspecified atom stereocenters. The van der Waals surface area contributed by atoms with Crippen molar-refractivity contribution >= 4 is 18.3 Å². The maximum absolute atomic E-state index is 11.7. The van der Waals surface area contributed by atoms with Crippen LogP contribution < -0.4 is 11.1 Å². The third-order valence-corrected chi connectivity index (χ3v) is 2.99. The van der Waals surface area contributed by atoms with Gasteiger partial charge in [-0.15, -0.1) is 12.4 Å². The summed E-state index contributed by atoms with van der Waals surface area (Å²) in [6.07, 6.45) is 0.0682. The fraction of sp³-hybridized carbons (Fsp3) is 0.533. The molecule has 5 nitrogen and oxygen atoms in total. The minimum atomic E-state index is -0.219. The van der Waals surface area contributed by atoms with Gasteiger partial charge in [0, 0.05) is 26.8 Å². The molecule has 0 saturated carbocycles. The second-order valence-corrected chi connectivity index (χ2v) is 4.53. The normalized spacial score (nSPS) is 11.6. The van der Waals surface area contributed by atoms with Gasteiger partial charge in [-0.3, -0.25) is 4.79 Å². The predicted octanol–water partition coefficient (Wildman–Crippen LogP) is 1.62. The lowest BCUT2D eigenvalue weighted by Crippen LogP contribution is -2.31. The van der Waals surface area contributed by atoms with Gasteiger partial charge >= 0.3 is 0 Å². The molecule has 1 amide bonds. The summed E-state index contributed by atoms with van der Waals surface area (Å²) in [6, 6.07) is 8.00. The van der Waals surface area contributed by atoms with Crippen LogP contribution in [0.2, 0.25) is 0 Å². The molecule has 120 valence electrons. The Morgan fingerprint density at radius 2 is 1.90 bits per heavy atom. The topological polar surface area (TPSA) is 73.6 Å². The molecule has 0 aliphatic heterocycles. The second-order valence-electron chi connectivity index (χ2n) is 4.53. The molecule has 1 atom stereocenters. The third kappa shape index (κ3) is 8.02. The summed E-state index contributed by atoms with van der Waals surface area (Å²) in [5.41, 5.74) is 7.66. The monoisotopic (exact) mass is 316 g/mol. The van der Waals surface area contributed by atoms with E-state index in [-0.39, 0.29) is 30.8 Å². The lowest BCUT2D eigenvalue weighted by atomic mass is 10.1. The van der Waals surface area contributed by atoms with Crippen LogP contribution in [0.3, 0.4) is 0 Å². The van der Waals surface area contributed by atoms with Crippen LogP contribution in [0.15, 0.2) is 24.3 Å². The van der Waals surface area contributed by atoms with E-state index in [0.717, 1.165) is 11.1 Å². The Labute approximate surface area is 132 Å². The molecule has 0 saturated heterocycles. The highest BCUT2D eigenvalue weighted by atomic mass is 35.5. The summed E-state index contributed by atoms with van der Waals surface area (Å²) in [7, 11) is 1.56. The molecule has 21 heavy (non-hydrogen) atoms. The number of nitrogens with one attached hydrogen (secondary N) is 1. The molecule has 0 fully saturated rings. The van der Waals surface area contributed by atoms with Gasteiger partial charge < -0.3 is 20.5 Å². The molecule has 0 bridgehead atoms. The first-order chi connectivity index (χ1) is 9.69. The Morgan fingerprint density at radius 3 is 2.43 bits per heavy atom. The van der Waals surface area contributed by atoms with Crippen LogP contribution in [0.4, 0.5) is 0 Å². The zero-order valence-electron chi connectivity index (χ0n) is 12.6. The number of ether oxygens (including phenoxy) is 2. The molecular formula is C15H25ClN2O3. The van der Waals surface area contributed by atoms with E-state index >= 15 is 0 Å². The highest BCUT2D eigenvalue weighted by molar-refractivity contribution is 5.85. The maximum atomic E-state index is 11.7. The van der Waals surface area contributed by atoms with Crippen LogP contribution in [-0.4, -0.2) is 32.3 Å². The molecule has 3 N–H and O–H groups in total.